The number of benzene rings is 1. The summed E-state index contributed by atoms with van der Waals surface area (Å²) in [5, 5.41) is 17.4. The second kappa shape index (κ2) is 7.36. The van der Waals surface area contributed by atoms with Gasteiger partial charge in [-0.3, -0.25) is 4.79 Å². The van der Waals surface area contributed by atoms with Crippen molar-refractivity contribution in [1.29, 1.82) is 0 Å². The van der Waals surface area contributed by atoms with Gasteiger partial charge in [-0.1, -0.05) is 31.5 Å². The van der Waals surface area contributed by atoms with E-state index >= 15 is 0 Å². The Morgan fingerprint density at radius 1 is 1.42 bits per heavy atom. The van der Waals surface area contributed by atoms with E-state index in [0.717, 1.165) is 11.4 Å². The van der Waals surface area contributed by atoms with E-state index < -0.39 is 6.10 Å². The van der Waals surface area contributed by atoms with Crippen LogP contribution in [0.2, 0.25) is 5.02 Å². The van der Waals surface area contributed by atoms with Gasteiger partial charge in [0.2, 0.25) is 0 Å². The summed E-state index contributed by atoms with van der Waals surface area (Å²) in [6, 6.07) is 9.07. The minimum absolute atomic E-state index is 0.186. The maximum absolute atomic E-state index is 12.4. The van der Waals surface area contributed by atoms with Crippen LogP contribution in [0.25, 0.3) is 5.69 Å². The summed E-state index contributed by atoms with van der Waals surface area (Å²) < 4.78 is 1.70. The van der Waals surface area contributed by atoms with Crippen LogP contribution in [0.4, 0.5) is 0 Å². The van der Waals surface area contributed by atoms with Gasteiger partial charge < -0.3 is 10.4 Å². The van der Waals surface area contributed by atoms with Gasteiger partial charge in [0.15, 0.2) is 5.69 Å². The van der Waals surface area contributed by atoms with Gasteiger partial charge in [-0.05, 0) is 49.9 Å². The highest BCUT2D eigenvalue weighted by Gasteiger charge is 2.22. The fourth-order valence-corrected chi connectivity index (χ4v) is 2.92. The van der Waals surface area contributed by atoms with Crippen LogP contribution in [0, 0.1) is 12.3 Å². The molecule has 1 unspecified atom stereocenters. The summed E-state index contributed by atoms with van der Waals surface area (Å²) in [6.45, 7) is 8.13. The number of carbonyl (C=O) groups is 1. The molecule has 5 nitrogen and oxygen atoms in total. The third kappa shape index (κ3) is 4.82. The molecule has 24 heavy (non-hydrogen) atoms. The van der Waals surface area contributed by atoms with Gasteiger partial charge in [-0.2, -0.15) is 5.10 Å². The monoisotopic (exact) mass is 349 g/mol. The highest BCUT2D eigenvalue weighted by molar-refractivity contribution is 6.30. The number of nitrogens with zero attached hydrogens (tertiary/aromatic N) is 2. The van der Waals surface area contributed by atoms with Crippen LogP contribution >= 0.6 is 11.6 Å². The number of hydrogen-bond donors (Lipinski definition) is 2. The molecule has 0 aliphatic carbocycles. The molecule has 0 fully saturated rings. The number of halogens is 1. The van der Waals surface area contributed by atoms with E-state index in [-0.39, 0.29) is 11.3 Å². The summed E-state index contributed by atoms with van der Waals surface area (Å²) in [7, 11) is 0. The van der Waals surface area contributed by atoms with E-state index in [2.05, 4.69) is 10.4 Å². The average Bonchev–Trinajstić information content (AvgIpc) is 2.85. The molecule has 2 aromatic rings. The summed E-state index contributed by atoms with van der Waals surface area (Å²) in [5.41, 5.74) is 1.84. The number of rotatable bonds is 6. The molecule has 6 heteroatoms. The summed E-state index contributed by atoms with van der Waals surface area (Å²) in [4.78, 5) is 12.4. The Bertz CT molecular complexity index is 723. The van der Waals surface area contributed by atoms with Gasteiger partial charge in [-0.15, -0.1) is 0 Å². The molecular formula is C18H24ClN3O2. The van der Waals surface area contributed by atoms with E-state index in [1.807, 2.05) is 32.9 Å². The van der Waals surface area contributed by atoms with E-state index in [0.29, 0.717) is 23.7 Å². The minimum Gasteiger partial charge on any atom is -0.393 e. The lowest BCUT2D eigenvalue weighted by Gasteiger charge is -2.26. The number of aliphatic hydroxyl groups is 1. The minimum atomic E-state index is -0.402. The van der Waals surface area contributed by atoms with Crippen LogP contribution in [0.3, 0.4) is 0 Å². The number of nitrogens with one attached hydrogen (secondary N) is 1. The van der Waals surface area contributed by atoms with Gasteiger partial charge >= 0.3 is 0 Å². The van der Waals surface area contributed by atoms with E-state index in [9.17, 15) is 9.90 Å². The molecule has 1 amide bonds. The van der Waals surface area contributed by atoms with Crippen molar-refractivity contribution in [3.8, 4) is 5.69 Å². The molecule has 0 aliphatic heterocycles. The van der Waals surface area contributed by atoms with E-state index in [1.165, 1.54) is 0 Å². The Morgan fingerprint density at radius 3 is 2.75 bits per heavy atom. The lowest BCUT2D eigenvalue weighted by molar-refractivity contribution is 0.0897. The predicted octanol–water partition coefficient (Wildman–Crippen LogP) is 3.36. The van der Waals surface area contributed by atoms with Gasteiger partial charge in [0.05, 0.1) is 11.8 Å². The molecule has 2 N–H and O–H groups in total. The van der Waals surface area contributed by atoms with Gasteiger partial charge in [0, 0.05) is 17.3 Å². The predicted molar refractivity (Wildman–Crippen MR) is 95.7 cm³/mol. The third-order valence-corrected chi connectivity index (χ3v) is 3.98. The number of carbonyl (C=O) groups excluding carboxylic acids is 1. The molecular weight excluding hydrogens is 326 g/mol. The van der Waals surface area contributed by atoms with Crippen molar-refractivity contribution in [3.63, 3.8) is 0 Å². The number of aromatic nitrogens is 2. The highest BCUT2D eigenvalue weighted by atomic mass is 35.5. The number of aliphatic hydroxyl groups excluding tert-OH is 1. The lowest BCUT2D eigenvalue weighted by Crippen LogP contribution is -2.35. The van der Waals surface area contributed by atoms with Gasteiger partial charge in [0.1, 0.15) is 0 Å². The maximum Gasteiger partial charge on any atom is 0.271 e. The van der Waals surface area contributed by atoms with Crippen LogP contribution in [0.5, 0.6) is 0 Å². The SMILES string of the molecule is Cc1cc(C(=O)NCC(C)(C)CC(C)O)nn1-c1cccc(Cl)c1. The van der Waals surface area contributed by atoms with E-state index in [4.69, 9.17) is 11.6 Å². The second-order valence-corrected chi connectivity index (χ2v) is 7.40. The molecule has 0 spiro atoms. The molecule has 130 valence electrons. The van der Waals surface area contributed by atoms with Crippen LogP contribution in [-0.4, -0.2) is 33.4 Å². The lowest BCUT2D eigenvalue weighted by atomic mass is 9.87. The Kier molecular flexibility index (Phi) is 5.67. The van der Waals surface area contributed by atoms with Crippen molar-refractivity contribution >= 4 is 17.5 Å². The molecule has 0 bridgehead atoms. The molecule has 0 saturated heterocycles. The average molecular weight is 350 g/mol. The quantitative estimate of drug-likeness (QED) is 0.840. The Balaban J connectivity index is 2.10. The molecule has 0 aliphatic rings. The number of aryl methyl sites for hydroxylation is 1. The molecule has 1 aromatic heterocycles. The Labute approximate surface area is 147 Å². The first-order valence-electron chi connectivity index (χ1n) is 7.97. The van der Waals surface area contributed by atoms with Crippen LogP contribution in [0.1, 0.15) is 43.4 Å². The normalized spacial score (nSPS) is 12.9. The molecule has 1 aromatic carbocycles. The zero-order valence-electron chi connectivity index (χ0n) is 14.5. The largest absolute Gasteiger partial charge is 0.393 e. The number of amides is 1. The summed E-state index contributed by atoms with van der Waals surface area (Å²) >= 11 is 6.02. The maximum atomic E-state index is 12.4. The summed E-state index contributed by atoms with van der Waals surface area (Å²) in [6.07, 6.45) is 0.213. The van der Waals surface area contributed by atoms with Crippen LogP contribution in [0.15, 0.2) is 30.3 Å². The Morgan fingerprint density at radius 2 is 2.12 bits per heavy atom. The molecule has 1 atom stereocenters. The first-order valence-corrected chi connectivity index (χ1v) is 8.35. The molecule has 1 heterocycles. The van der Waals surface area contributed by atoms with Crippen LogP contribution in [-0.2, 0) is 0 Å². The van der Waals surface area contributed by atoms with E-state index in [1.54, 1.807) is 29.8 Å². The van der Waals surface area contributed by atoms with Gasteiger partial charge in [0.25, 0.3) is 5.91 Å². The fourth-order valence-electron chi connectivity index (χ4n) is 2.74. The third-order valence-electron chi connectivity index (χ3n) is 3.75. The van der Waals surface area contributed by atoms with Crippen molar-refractivity contribution in [3.05, 3.63) is 46.7 Å². The highest BCUT2D eigenvalue weighted by Crippen LogP contribution is 2.21. The zero-order chi connectivity index (χ0) is 17.9. The first-order chi connectivity index (χ1) is 11.2. The first kappa shape index (κ1) is 18.5. The van der Waals surface area contributed by atoms with Gasteiger partial charge in [-0.25, -0.2) is 4.68 Å². The van der Waals surface area contributed by atoms with Crippen LogP contribution < -0.4 is 5.32 Å². The smallest absolute Gasteiger partial charge is 0.271 e. The van der Waals surface area contributed by atoms with Crippen molar-refractivity contribution in [2.45, 2.75) is 40.2 Å². The van der Waals surface area contributed by atoms with Crippen molar-refractivity contribution in [2.24, 2.45) is 5.41 Å². The standard InChI is InChI=1S/C18H24ClN3O2/c1-12-8-16(17(24)20-11-18(3,4)10-13(2)23)21-22(12)15-7-5-6-14(19)9-15/h5-9,13,23H,10-11H2,1-4H3,(H,20,24). The van der Waals surface area contributed by atoms with Crippen molar-refractivity contribution in [1.82, 2.24) is 15.1 Å². The summed E-state index contributed by atoms with van der Waals surface area (Å²) in [5.74, 6) is -0.224. The Hall–Kier alpha value is -1.85. The molecule has 2 rings (SSSR count). The second-order valence-electron chi connectivity index (χ2n) is 6.96. The molecule has 0 saturated carbocycles. The van der Waals surface area contributed by atoms with Crippen molar-refractivity contribution in [2.75, 3.05) is 6.54 Å². The topological polar surface area (TPSA) is 67.2 Å². The molecule has 0 radical (unpaired) electrons. The number of hydrogen-bond acceptors (Lipinski definition) is 3. The fraction of sp³-hybridized carbons (Fsp3) is 0.444. The van der Waals surface area contributed by atoms with Crippen molar-refractivity contribution < 1.29 is 9.90 Å². The zero-order valence-corrected chi connectivity index (χ0v) is 15.3.